The molecular formula is C32H50N6O2. The van der Waals surface area contributed by atoms with Crippen molar-refractivity contribution in [2.45, 2.75) is 71.8 Å². The van der Waals surface area contributed by atoms with E-state index >= 15 is 0 Å². The van der Waals surface area contributed by atoms with Crippen molar-refractivity contribution in [1.29, 1.82) is 0 Å². The Kier molecular flexibility index (Phi) is 11.6. The summed E-state index contributed by atoms with van der Waals surface area (Å²) >= 11 is 0. The molecule has 1 aromatic carbocycles. The van der Waals surface area contributed by atoms with Gasteiger partial charge in [-0.05, 0) is 37.0 Å². The third kappa shape index (κ3) is 7.72. The Hall–Kier alpha value is -2.71. The standard InChI is InChI=1S/C30H44N6O2.C2H6/c1-3-7-24-10-11-28(38-2)26(20-24)27-21-32-29(22-31-27)35-14-12-33(13-15-35)23-30(37)36-18-16-34(17-19-36)25-8-5-4-6-9-25;1-2/h10-11,20-22,25H,3-9,12-19,23H2,1-2H3;1-2H3. The first-order valence-electron chi connectivity index (χ1n) is 15.6. The van der Waals surface area contributed by atoms with Gasteiger partial charge in [0.15, 0.2) is 0 Å². The second kappa shape index (κ2) is 15.3. The number of hydrogen-bond donors (Lipinski definition) is 0. The zero-order valence-corrected chi connectivity index (χ0v) is 25.3. The molecule has 220 valence electrons. The summed E-state index contributed by atoms with van der Waals surface area (Å²) in [5, 5.41) is 0. The lowest BCUT2D eigenvalue weighted by atomic mass is 9.94. The molecule has 0 bridgehead atoms. The molecule has 0 radical (unpaired) electrons. The molecule has 5 rings (SSSR count). The minimum Gasteiger partial charge on any atom is -0.496 e. The fourth-order valence-electron chi connectivity index (χ4n) is 6.23. The van der Waals surface area contributed by atoms with Crippen LogP contribution < -0.4 is 9.64 Å². The Morgan fingerprint density at radius 2 is 1.65 bits per heavy atom. The summed E-state index contributed by atoms with van der Waals surface area (Å²) in [5.41, 5.74) is 3.10. The molecule has 2 saturated heterocycles. The smallest absolute Gasteiger partial charge is 0.236 e. The highest BCUT2D eigenvalue weighted by molar-refractivity contribution is 5.78. The zero-order valence-electron chi connectivity index (χ0n) is 25.3. The first kappa shape index (κ1) is 30.3. The molecule has 1 aliphatic carbocycles. The van der Waals surface area contributed by atoms with E-state index in [9.17, 15) is 4.79 Å². The van der Waals surface area contributed by atoms with Crippen LogP contribution in [-0.4, -0.2) is 103 Å². The molecule has 3 fully saturated rings. The van der Waals surface area contributed by atoms with Crippen molar-refractivity contribution in [3.63, 3.8) is 0 Å². The highest BCUT2D eigenvalue weighted by Crippen LogP contribution is 2.30. The molecule has 3 heterocycles. The van der Waals surface area contributed by atoms with Gasteiger partial charge in [0.1, 0.15) is 11.6 Å². The van der Waals surface area contributed by atoms with Gasteiger partial charge in [0.25, 0.3) is 0 Å². The number of anilines is 1. The lowest BCUT2D eigenvalue weighted by Crippen LogP contribution is -2.55. The van der Waals surface area contributed by atoms with E-state index in [4.69, 9.17) is 14.7 Å². The van der Waals surface area contributed by atoms with Crippen LogP contribution >= 0.6 is 0 Å². The number of rotatable bonds is 8. The second-order valence-corrected chi connectivity index (χ2v) is 11.0. The van der Waals surface area contributed by atoms with Gasteiger partial charge in [0, 0.05) is 64.0 Å². The minimum absolute atomic E-state index is 0.283. The lowest BCUT2D eigenvalue weighted by molar-refractivity contribution is -0.134. The van der Waals surface area contributed by atoms with Gasteiger partial charge >= 0.3 is 0 Å². The highest BCUT2D eigenvalue weighted by atomic mass is 16.5. The number of piperazine rings is 2. The molecule has 0 unspecified atom stereocenters. The predicted molar refractivity (Wildman–Crippen MR) is 163 cm³/mol. The Morgan fingerprint density at radius 1 is 0.925 bits per heavy atom. The number of aryl methyl sites for hydroxylation is 1. The molecule has 1 saturated carbocycles. The monoisotopic (exact) mass is 550 g/mol. The van der Waals surface area contributed by atoms with Gasteiger partial charge in [0.2, 0.25) is 5.91 Å². The topological polar surface area (TPSA) is 65.0 Å². The van der Waals surface area contributed by atoms with E-state index in [0.29, 0.717) is 6.54 Å². The Labute approximate surface area is 241 Å². The maximum atomic E-state index is 13.0. The lowest BCUT2D eigenvalue weighted by Gasteiger charge is -2.41. The van der Waals surface area contributed by atoms with Crippen LogP contribution in [0.1, 0.15) is 64.9 Å². The van der Waals surface area contributed by atoms with Gasteiger partial charge in [-0.3, -0.25) is 19.6 Å². The summed E-state index contributed by atoms with van der Waals surface area (Å²) in [5.74, 6) is 1.99. The van der Waals surface area contributed by atoms with Crippen molar-refractivity contribution in [2.75, 3.05) is 70.9 Å². The number of aromatic nitrogens is 2. The SMILES string of the molecule is CC.CCCc1ccc(OC)c(-c2cnc(N3CCN(CC(=O)N4CCN(C5CCCCC5)CC4)CC3)cn2)c1. The molecule has 40 heavy (non-hydrogen) atoms. The summed E-state index contributed by atoms with van der Waals surface area (Å²) < 4.78 is 5.58. The number of carbonyl (C=O) groups is 1. The van der Waals surface area contributed by atoms with E-state index in [1.54, 1.807) is 7.11 Å². The summed E-state index contributed by atoms with van der Waals surface area (Å²) in [6.07, 6.45) is 12.7. The Balaban J connectivity index is 0.00000181. The van der Waals surface area contributed by atoms with Crippen LogP contribution in [0.3, 0.4) is 0 Å². The maximum absolute atomic E-state index is 13.0. The largest absolute Gasteiger partial charge is 0.496 e. The van der Waals surface area contributed by atoms with Crippen molar-refractivity contribution >= 4 is 11.7 Å². The molecular weight excluding hydrogens is 500 g/mol. The predicted octanol–water partition coefficient (Wildman–Crippen LogP) is 4.73. The van der Waals surface area contributed by atoms with Crippen LogP contribution in [0, 0.1) is 0 Å². The van der Waals surface area contributed by atoms with Crippen molar-refractivity contribution < 1.29 is 9.53 Å². The molecule has 8 nitrogen and oxygen atoms in total. The molecule has 0 N–H and O–H groups in total. The van der Waals surface area contributed by atoms with Crippen LogP contribution in [-0.2, 0) is 11.2 Å². The van der Waals surface area contributed by atoms with Crippen LogP contribution in [0.4, 0.5) is 5.82 Å². The zero-order chi connectivity index (χ0) is 28.3. The van der Waals surface area contributed by atoms with Gasteiger partial charge in [-0.25, -0.2) is 4.98 Å². The number of benzene rings is 1. The average Bonchev–Trinajstić information content (AvgIpc) is 3.03. The number of ether oxygens (including phenoxy) is 1. The average molecular weight is 551 g/mol. The van der Waals surface area contributed by atoms with E-state index in [2.05, 4.69) is 38.7 Å². The quantitative estimate of drug-likeness (QED) is 0.471. The van der Waals surface area contributed by atoms with E-state index < -0.39 is 0 Å². The summed E-state index contributed by atoms with van der Waals surface area (Å²) in [6.45, 7) is 14.0. The van der Waals surface area contributed by atoms with E-state index in [-0.39, 0.29) is 5.91 Å². The first-order valence-corrected chi connectivity index (χ1v) is 15.6. The normalized spacial score (nSPS) is 19.2. The Bertz CT molecular complexity index is 1040. The van der Waals surface area contributed by atoms with Crippen LogP contribution in [0.25, 0.3) is 11.3 Å². The van der Waals surface area contributed by atoms with Gasteiger partial charge in [-0.2, -0.15) is 0 Å². The van der Waals surface area contributed by atoms with Crippen molar-refractivity contribution in [1.82, 2.24) is 24.7 Å². The van der Waals surface area contributed by atoms with Crippen LogP contribution in [0.5, 0.6) is 5.75 Å². The molecule has 0 atom stereocenters. The fourth-order valence-corrected chi connectivity index (χ4v) is 6.23. The molecule has 2 aliphatic heterocycles. The van der Waals surface area contributed by atoms with Crippen LogP contribution in [0.2, 0.25) is 0 Å². The fraction of sp³-hybridized carbons (Fsp3) is 0.656. The number of amides is 1. The van der Waals surface area contributed by atoms with Gasteiger partial charge in [-0.1, -0.05) is 52.5 Å². The number of hydrogen-bond acceptors (Lipinski definition) is 7. The van der Waals surface area contributed by atoms with Gasteiger partial charge in [-0.15, -0.1) is 0 Å². The molecule has 1 amide bonds. The third-order valence-electron chi connectivity index (χ3n) is 8.53. The third-order valence-corrected chi connectivity index (χ3v) is 8.53. The second-order valence-electron chi connectivity index (χ2n) is 11.0. The first-order chi connectivity index (χ1) is 19.6. The van der Waals surface area contributed by atoms with Crippen molar-refractivity contribution in [2.24, 2.45) is 0 Å². The number of carbonyl (C=O) groups excluding carboxylic acids is 1. The van der Waals surface area contributed by atoms with Crippen LogP contribution in [0.15, 0.2) is 30.6 Å². The number of nitrogens with zero attached hydrogens (tertiary/aromatic N) is 6. The molecule has 2 aromatic rings. The van der Waals surface area contributed by atoms with E-state index in [1.165, 1.54) is 37.7 Å². The van der Waals surface area contributed by atoms with E-state index in [1.807, 2.05) is 32.3 Å². The van der Waals surface area contributed by atoms with Gasteiger partial charge in [0.05, 0.1) is 31.7 Å². The molecule has 1 aromatic heterocycles. The highest BCUT2D eigenvalue weighted by Gasteiger charge is 2.28. The molecule has 3 aliphatic rings. The van der Waals surface area contributed by atoms with Crippen molar-refractivity contribution in [3.05, 3.63) is 36.2 Å². The molecule has 0 spiro atoms. The minimum atomic E-state index is 0.283. The van der Waals surface area contributed by atoms with Gasteiger partial charge < -0.3 is 14.5 Å². The summed E-state index contributed by atoms with van der Waals surface area (Å²) in [7, 11) is 1.70. The summed E-state index contributed by atoms with van der Waals surface area (Å²) in [6, 6.07) is 7.06. The summed E-state index contributed by atoms with van der Waals surface area (Å²) in [4.78, 5) is 31.8. The maximum Gasteiger partial charge on any atom is 0.236 e. The number of methoxy groups -OCH3 is 1. The van der Waals surface area contributed by atoms with Crippen molar-refractivity contribution in [3.8, 4) is 17.0 Å². The Morgan fingerprint density at radius 3 is 2.27 bits per heavy atom. The van der Waals surface area contributed by atoms with E-state index in [0.717, 1.165) is 94.1 Å². The molecule has 8 heteroatoms.